The predicted octanol–water partition coefficient (Wildman–Crippen LogP) is 3.97. The molecule has 3 fully saturated rings. The van der Waals surface area contributed by atoms with Crippen molar-refractivity contribution in [2.24, 2.45) is 22.7 Å². The minimum Gasteiger partial charge on any atom is -0.390 e. The number of rotatable bonds is 8. The molecule has 0 aliphatic heterocycles. The quantitative estimate of drug-likeness (QED) is 0.339. The van der Waals surface area contributed by atoms with Crippen molar-refractivity contribution in [3.05, 3.63) is 95.6 Å². The van der Waals surface area contributed by atoms with Crippen LogP contribution in [0.1, 0.15) is 56.8 Å². The molecule has 2 aromatic rings. The zero-order chi connectivity index (χ0) is 34.2. The van der Waals surface area contributed by atoms with Gasteiger partial charge in [-0.05, 0) is 75.9 Å². The molecule has 0 saturated heterocycles. The summed E-state index contributed by atoms with van der Waals surface area (Å²) in [4.78, 5) is 26.3. The van der Waals surface area contributed by atoms with Crippen molar-refractivity contribution in [1.29, 1.82) is 0 Å². The molecule has 9 heteroatoms. The van der Waals surface area contributed by atoms with Gasteiger partial charge in [-0.3, -0.25) is 9.59 Å². The minimum atomic E-state index is -2.23. The van der Waals surface area contributed by atoms with Crippen molar-refractivity contribution in [3.8, 4) is 0 Å². The maximum atomic E-state index is 16.8. The van der Waals surface area contributed by atoms with Crippen LogP contribution in [0.25, 0.3) is 0 Å². The number of halogens is 1. The summed E-state index contributed by atoms with van der Waals surface area (Å²) >= 11 is 0. The van der Waals surface area contributed by atoms with Crippen LogP contribution in [0.4, 0.5) is 4.39 Å². The number of carbonyl (C=O) groups excluding carboxylic acids is 2. The Hall–Kier alpha value is -3.05. The minimum absolute atomic E-state index is 0.0135. The molecule has 0 aromatic heterocycles. The first-order valence-corrected chi connectivity index (χ1v) is 16.5. The van der Waals surface area contributed by atoms with Crippen LogP contribution in [0.5, 0.6) is 0 Å². The lowest BCUT2D eigenvalue weighted by Gasteiger charge is -2.62. The summed E-state index contributed by atoms with van der Waals surface area (Å²) in [5.74, 6) is -2.38. The van der Waals surface area contributed by atoms with Crippen molar-refractivity contribution < 1.29 is 39.1 Å². The number of benzene rings is 2. The molecule has 4 N–H and O–H groups in total. The fraction of sp³-hybridized carbons (Fsp3) is 0.526. The lowest BCUT2D eigenvalue weighted by molar-refractivity contribution is -0.222. The first-order valence-electron chi connectivity index (χ1n) is 16.5. The van der Waals surface area contributed by atoms with E-state index < -0.39 is 58.5 Å². The summed E-state index contributed by atoms with van der Waals surface area (Å²) in [7, 11) is 4.12. The van der Waals surface area contributed by atoms with Gasteiger partial charge in [0.05, 0.1) is 18.8 Å². The number of alkyl halides is 1. The number of Topliss-reactive ketones (excluding diaryl/α,β-unsaturated/α-hetero) is 1. The number of fused-ring (bicyclic) bond motifs is 5. The molecule has 8 nitrogen and oxygen atoms in total. The van der Waals surface area contributed by atoms with Gasteiger partial charge in [0, 0.05) is 23.3 Å². The van der Waals surface area contributed by atoms with Gasteiger partial charge in [0.1, 0.15) is 12.7 Å². The highest BCUT2D eigenvalue weighted by Crippen LogP contribution is 2.69. The Morgan fingerprint density at radius 1 is 1.00 bits per heavy atom. The topological polar surface area (TPSA) is 128 Å². The predicted molar refractivity (Wildman–Crippen MR) is 176 cm³/mol. The van der Waals surface area contributed by atoms with Crippen LogP contribution in [-0.4, -0.2) is 94.2 Å². The SMILES string of the molecule is CN(C)CCOC(c1ccccc1)c1ccccc1.C[C@]12C=CC(=O)C=C1CC[C@H]1[C@@H]3C[C@@H](O)[C@](O)(C(=O)CO)[C@@]3(C)C[C@H](O)[C@@]12F. The van der Waals surface area contributed by atoms with Crippen molar-refractivity contribution in [3.63, 3.8) is 0 Å². The van der Waals surface area contributed by atoms with Gasteiger partial charge in [-0.1, -0.05) is 79.2 Å². The molecular weight excluding hydrogens is 601 g/mol. The summed E-state index contributed by atoms with van der Waals surface area (Å²) < 4.78 is 22.9. The highest BCUT2D eigenvalue weighted by atomic mass is 19.1. The van der Waals surface area contributed by atoms with Crippen LogP contribution in [0.2, 0.25) is 0 Å². The van der Waals surface area contributed by atoms with Crippen molar-refractivity contribution in [2.75, 3.05) is 33.9 Å². The average molecular weight is 650 g/mol. The second-order valence-corrected chi connectivity index (χ2v) is 14.2. The molecule has 0 radical (unpaired) electrons. The van der Waals surface area contributed by atoms with E-state index in [9.17, 15) is 30.0 Å². The smallest absolute Gasteiger partial charge is 0.192 e. The number of ether oxygens (including phenoxy) is 1. The van der Waals surface area contributed by atoms with Gasteiger partial charge in [0.15, 0.2) is 22.8 Å². The van der Waals surface area contributed by atoms with Crippen LogP contribution in [0, 0.1) is 22.7 Å². The van der Waals surface area contributed by atoms with Gasteiger partial charge >= 0.3 is 0 Å². The summed E-state index contributed by atoms with van der Waals surface area (Å²) in [6.45, 7) is 3.99. The van der Waals surface area contributed by atoms with Crippen LogP contribution < -0.4 is 0 Å². The monoisotopic (exact) mass is 649 g/mol. The lowest BCUT2D eigenvalue weighted by Crippen LogP contribution is -2.69. The zero-order valence-electron chi connectivity index (χ0n) is 27.7. The number of carbonyl (C=O) groups is 2. The summed E-state index contributed by atoms with van der Waals surface area (Å²) in [6.07, 6.45) is 1.95. The van der Waals surface area contributed by atoms with E-state index in [1.165, 1.54) is 29.4 Å². The Morgan fingerprint density at radius 3 is 2.15 bits per heavy atom. The molecule has 254 valence electrons. The van der Waals surface area contributed by atoms with Crippen molar-refractivity contribution in [1.82, 2.24) is 4.90 Å². The van der Waals surface area contributed by atoms with E-state index in [-0.39, 0.29) is 24.7 Å². The number of aliphatic hydroxyl groups is 4. The fourth-order valence-electron chi connectivity index (χ4n) is 8.84. The summed E-state index contributed by atoms with van der Waals surface area (Å²) in [5.41, 5.74) is -3.72. The molecule has 8 atom stereocenters. The first kappa shape index (κ1) is 35.3. The molecule has 3 saturated carbocycles. The fourth-order valence-corrected chi connectivity index (χ4v) is 8.84. The molecule has 0 amide bonds. The van der Waals surface area contributed by atoms with E-state index in [4.69, 9.17) is 4.74 Å². The first-order chi connectivity index (χ1) is 22.2. The van der Waals surface area contributed by atoms with Crippen LogP contribution in [0.15, 0.2) is 84.5 Å². The van der Waals surface area contributed by atoms with Crippen molar-refractivity contribution >= 4 is 11.6 Å². The second-order valence-electron chi connectivity index (χ2n) is 14.2. The zero-order valence-corrected chi connectivity index (χ0v) is 27.7. The molecule has 0 unspecified atom stereocenters. The molecule has 0 spiro atoms. The molecular formula is C38H48FNO7. The van der Waals surface area contributed by atoms with E-state index >= 15 is 4.39 Å². The Morgan fingerprint density at radius 2 is 1.60 bits per heavy atom. The van der Waals surface area contributed by atoms with Gasteiger partial charge in [-0.15, -0.1) is 0 Å². The van der Waals surface area contributed by atoms with Gasteiger partial charge < -0.3 is 30.1 Å². The third-order valence-corrected chi connectivity index (χ3v) is 11.5. The van der Waals surface area contributed by atoms with E-state index in [1.807, 2.05) is 12.1 Å². The molecule has 47 heavy (non-hydrogen) atoms. The Bertz CT molecular complexity index is 1460. The lowest BCUT2D eigenvalue weighted by atomic mass is 9.44. The Kier molecular flexibility index (Phi) is 10.1. The van der Waals surface area contributed by atoms with Crippen LogP contribution in [-0.2, 0) is 14.3 Å². The standard InChI is InChI=1S/C21H27FO6.C17H21NO/c1-18-6-5-12(24)7-11(18)3-4-13-14-8-15(25)21(28,17(27)10-23)19(14,2)9-16(26)20(13,18)22;1-18(2)13-14-19-17(15-9-5-3-6-10-15)16-11-7-4-8-12-16/h5-7,13-16,23,25-26,28H,3-4,8-10H2,1-2H3;3-12,17H,13-14H2,1-2H3/t13-,14-,15+,16-,18-,19-,20-,21-;/m0./s1. The largest absolute Gasteiger partial charge is 0.390 e. The molecule has 0 bridgehead atoms. The third-order valence-electron chi connectivity index (χ3n) is 11.5. The van der Waals surface area contributed by atoms with Gasteiger partial charge in [0.25, 0.3) is 0 Å². The number of likely N-dealkylation sites (N-methyl/N-ethyl adjacent to an activating group) is 1. The third kappa shape index (κ3) is 5.85. The number of nitrogens with zero attached hydrogens (tertiary/aromatic N) is 1. The highest BCUT2D eigenvalue weighted by molar-refractivity contribution is 6.01. The van der Waals surface area contributed by atoms with E-state index in [0.717, 1.165) is 13.2 Å². The van der Waals surface area contributed by atoms with Gasteiger partial charge in [0.2, 0.25) is 0 Å². The number of hydrogen-bond donors (Lipinski definition) is 4. The van der Waals surface area contributed by atoms with E-state index in [0.29, 0.717) is 18.4 Å². The number of hydrogen-bond acceptors (Lipinski definition) is 8. The van der Waals surface area contributed by atoms with E-state index in [2.05, 4.69) is 67.5 Å². The van der Waals surface area contributed by atoms with Gasteiger partial charge in [-0.25, -0.2) is 4.39 Å². The number of ketones is 2. The number of allylic oxidation sites excluding steroid dienone is 4. The van der Waals surface area contributed by atoms with Crippen LogP contribution >= 0.6 is 0 Å². The summed E-state index contributed by atoms with van der Waals surface area (Å²) in [5, 5.41) is 42.1. The average Bonchev–Trinajstić information content (AvgIpc) is 3.26. The van der Waals surface area contributed by atoms with Crippen molar-refractivity contribution in [2.45, 2.75) is 69.1 Å². The molecule has 4 aliphatic rings. The molecule has 2 aromatic carbocycles. The van der Waals surface area contributed by atoms with Gasteiger partial charge in [-0.2, -0.15) is 0 Å². The Labute approximate surface area is 276 Å². The normalized spacial score (nSPS) is 35.8. The Balaban J connectivity index is 0.000000199. The second kappa shape index (κ2) is 13.5. The maximum absolute atomic E-state index is 16.8. The van der Waals surface area contributed by atoms with Crippen LogP contribution in [0.3, 0.4) is 0 Å². The molecule has 6 rings (SSSR count). The molecule has 4 aliphatic carbocycles. The highest BCUT2D eigenvalue weighted by Gasteiger charge is 2.76. The summed E-state index contributed by atoms with van der Waals surface area (Å²) in [6, 6.07) is 20.8. The van der Waals surface area contributed by atoms with E-state index in [1.54, 1.807) is 13.8 Å². The molecule has 0 heterocycles. The number of aliphatic hydroxyl groups excluding tert-OH is 3. The maximum Gasteiger partial charge on any atom is 0.192 e.